The van der Waals surface area contributed by atoms with Gasteiger partial charge in [-0.3, -0.25) is 4.99 Å². The Hall–Kier alpha value is 0.310. The third-order valence-corrected chi connectivity index (χ3v) is 5.02. The first kappa shape index (κ1) is 18.4. The Kier molecular flexibility index (Phi) is 7.97. The molecule has 0 spiro atoms. The van der Waals surface area contributed by atoms with Crippen LogP contribution in [0.15, 0.2) is 4.99 Å². The van der Waals surface area contributed by atoms with Crippen molar-refractivity contribution in [2.45, 2.75) is 44.4 Å². The molecular formula is C14H28IN3OS. The van der Waals surface area contributed by atoms with Gasteiger partial charge in [0.05, 0.1) is 19.8 Å². The van der Waals surface area contributed by atoms with Crippen LogP contribution in [0.2, 0.25) is 0 Å². The number of guanidine groups is 1. The lowest BCUT2D eigenvalue weighted by Crippen LogP contribution is -2.46. The molecule has 1 heterocycles. The van der Waals surface area contributed by atoms with Gasteiger partial charge in [0.15, 0.2) is 5.96 Å². The van der Waals surface area contributed by atoms with Crippen LogP contribution in [0.3, 0.4) is 0 Å². The fourth-order valence-corrected chi connectivity index (χ4v) is 3.41. The summed E-state index contributed by atoms with van der Waals surface area (Å²) in [6, 6.07) is 0.584. The summed E-state index contributed by atoms with van der Waals surface area (Å²) in [5.41, 5.74) is 0.250. The van der Waals surface area contributed by atoms with Gasteiger partial charge >= 0.3 is 0 Å². The van der Waals surface area contributed by atoms with Crippen LogP contribution in [0.1, 0.15) is 33.1 Å². The summed E-state index contributed by atoms with van der Waals surface area (Å²) >= 11 is 1.99. The highest BCUT2D eigenvalue weighted by molar-refractivity contribution is 14.0. The summed E-state index contributed by atoms with van der Waals surface area (Å²) in [7, 11) is 0. The molecular weight excluding hydrogens is 385 g/mol. The average Bonchev–Trinajstić information content (AvgIpc) is 2.81. The minimum absolute atomic E-state index is 0. The van der Waals surface area contributed by atoms with Gasteiger partial charge < -0.3 is 15.4 Å². The van der Waals surface area contributed by atoms with E-state index in [2.05, 4.69) is 30.7 Å². The molecule has 2 rings (SSSR count). The number of hydrogen-bond donors (Lipinski definition) is 2. The van der Waals surface area contributed by atoms with Crippen LogP contribution >= 0.6 is 35.7 Å². The van der Waals surface area contributed by atoms with Crippen molar-refractivity contribution in [3.8, 4) is 0 Å². The molecule has 0 aromatic carbocycles. The largest absolute Gasteiger partial charge is 0.380 e. The summed E-state index contributed by atoms with van der Waals surface area (Å²) in [5.74, 6) is 0.974. The summed E-state index contributed by atoms with van der Waals surface area (Å²) in [6.07, 6.45) is 6.05. The van der Waals surface area contributed by atoms with Crippen LogP contribution in [0, 0.1) is 5.41 Å². The summed E-state index contributed by atoms with van der Waals surface area (Å²) < 4.78 is 5.28. The van der Waals surface area contributed by atoms with Crippen LogP contribution in [-0.4, -0.2) is 49.8 Å². The van der Waals surface area contributed by atoms with E-state index in [1.807, 2.05) is 11.8 Å². The van der Waals surface area contributed by atoms with E-state index in [-0.39, 0.29) is 29.4 Å². The molecule has 1 aliphatic carbocycles. The number of thioether (sulfide) groups is 1. The molecule has 1 aliphatic heterocycles. The number of ether oxygens (including phenoxy) is 1. The van der Waals surface area contributed by atoms with Gasteiger partial charge in [-0.05, 0) is 32.4 Å². The highest BCUT2D eigenvalue weighted by Gasteiger charge is 2.33. The number of rotatable bonds is 5. The van der Waals surface area contributed by atoms with Crippen molar-refractivity contribution in [2.24, 2.45) is 10.4 Å². The average molecular weight is 413 g/mol. The molecule has 118 valence electrons. The molecule has 2 N–H and O–H groups in total. The maximum absolute atomic E-state index is 5.28. The van der Waals surface area contributed by atoms with Crippen molar-refractivity contribution >= 4 is 41.7 Å². The Morgan fingerprint density at radius 3 is 2.65 bits per heavy atom. The quantitative estimate of drug-likeness (QED) is 0.413. The van der Waals surface area contributed by atoms with E-state index in [9.17, 15) is 0 Å². The molecule has 6 heteroatoms. The second-order valence-electron chi connectivity index (χ2n) is 6.01. The molecule has 2 atom stereocenters. The minimum Gasteiger partial charge on any atom is -0.380 e. The first-order valence-electron chi connectivity index (χ1n) is 7.30. The molecule has 0 radical (unpaired) electrons. The van der Waals surface area contributed by atoms with Crippen LogP contribution in [0.4, 0.5) is 0 Å². The highest BCUT2D eigenvalue weighted by atomic mass is 127. The zero-order valence-electron chi connectivity index (χ0n) is 12.8. The van der Waals surface area contributed by atoms with Gasteiger partial charge in [-0.1, -0.05) is 6.92 Å². The summed E-state index contributed by atoms with van der Waals surface area (Å²) in [6.45, 7) is 7.80. The van der Waals surface area contributed by atoms with Crippen molar-refractivity contribution < 1.29 is 4.74 Å². The Morgan fingerprint density at radius 2 is 2.15 bits per heavy atom. The van der Waals surface area contributed by atoms with Crippen molar-refractivity contribution in [3.63, 3.8) is 0 Å². The zero-order valence-corrected chi connectivity index (χ0v) is 15.9. The van der Waals surface area contributed by atoms with Gasteiger partial charge in [0.2, 0.25) is 0 Å². The van der Waals surface area contributed by atoms with Gasteiger partial charge in [0.1, 0.15) is 0 Å². The van der Waals surface area contributed by atoms with Gasteiger partial charge in [0, 0.05) is 23.3 Å². The predicted octanol–water partition coefficient (Wildman–Crippen LogP) is 2.48. The van der Waals surface area contributed by atoms with Crippen molar-refractivity contribution in [3.05, 3.63) is 0 Å². The van der Waals surface area contributed by atoms with Crippen molar-refractivity contribution in [1.82, 2.24) is 10.6 Å². The molecule has 2 fully saturated rings. The second kappa shape index (κ2) is 8.68. The summed E-state index contributed by atoms with van der Waals surface area (Å²) in [5, 5.41) is 7.76. The Bertz CT molecular complexity index is 324. The van der Waals surface area contributed by atoms with Gasteiger partial charge in [0.25, 0.3) is 0 Å². The lowest BCUT2D eigenvalue weighted by molar-refractivity contribution is -0.0945. The molecule has 1 saturated carbocycles. The fourth-order valence-electron chi connectivity index (χ4n) is 2.61. The second-order valence-corrected chi connectivity index (χ2v) is 7.15. The normalized spacial score (nSPS) is 28.4. The van der Waals surface area contributed by atoms with E-state index in [0.717, 1.165) is 37.5 Å². The van der Waals surface area contributed by atoms with Crippen LogP contribution < -0.4 is 10.6 Å². The Morgan fingerprint density at radius 1 is 1.40 bits per heavy atom. The maximum Gasteiger partial charge on any atom is 0.191 e. The summed E-state index contributed by atoms with van der Waals surface area (Å²) in [4.78, 5) is 4.73. The molecule has 2 aliphatic rings. The van der Waals surface area contributed by atoms with E-state index in [1.165, 1.54) is 19.3 Å². The zero-order chi connectivity index (χ0) is 13.7. The number of aliphatic imine (C=N–C) groups is 1. The molecule has 0 aromatic heterocycles. The third-order valence-electron chi connectivity index (χ3n) is 3.92. The monoisotopic (exact) mass is 413 g/mol. The van der Waals surface area contributed by atoms with Crippen molar-refractivity contribution in [1.29, 1.82) is 0 Å². The Balaban J connectivity index is 0.00000200. The van der Waals surface area contributed by atoms with E-state index < -0.39 is 0 Å². The lowest BCUT2D eigenvalue weighted by atomic mass is 9.89. The van der Waals surface area contributed by atoms with E-state index in [1.54, 1.807) is 0 Å². The molecule has 0 aromatic rings. The molecule has 0 bridgehead atoms. The number of halogens is 1. The standard InChI is InChI=1S/C14H27N3OS.HI/c1-4-15-13(16-8-14(2)9-18-10-14)17-11-5-6-12(7-11)19-3;/h11-12H,4-10H2,1-3H3,(H2,15,16,17);1H. The fraction of sp³-hybridized carbons (Fsp3) is 0.929. The van der Waals surface area contributed by atoms with Gasteiger partial charge in [-0.15, -0.1) is 24.0 Å². The minimum atomic E-state index is 0. The number of nitrogens with one attached hydrogen (secondary N) is 2. The first-order valence-corrected chi connectivity index (χ1v) is 8.59. The van der Waals surface area contributed by atoms with Gasteiger partial charge in [-0.2, -0.15) is 11.8 Å². The van der Waals surface area contributed by atoms with E-state index >= 15 is 0 Å². The predicted molar refractivity (Wildman–Crippen MR) is 98.4 cm³/mol. The first-order chi connectivity index (χ1) is 9.15. The number of nitrogens with zero attached hydrogens (tertiary/aromatic N) is 1. The van der Waals surface area contributed by atoms with Gasteiger partial charge in [-0.25, -0.2) is 0 Å². The topological polar surface area (TPSA) is 45.7 Å². The van der Waals surface area contributed by atoms with Crippen LogP contribution in [-0.2, 0) is 4.74 Å². The molecule has 0 amide bonds. The van der Waals surface area contributed by atoms with Crippen molar-refractivity contribution in [2.75, 3.05) is 32.6 Å². The highest BCUT2D eigenvalue weighted by Crippen LogP contribution is 2.28. The Labute approximate surface area is 144 Å². The van der Waals surface area contributed by atoms with Crippen LogP contribution in [0.5, 0.6) is 0 Å². The molecule has 4 nitrogen and oxygen atoms in total. The van der Waals surface area contributed by atoms with E-state index in [0.29, 0.717) is 6.04 Å². The third kappa shape index (κ3) is 5.26. The number of hydrogen-bond acceptors (Lipinski definition) is 3. The maximum atomic E-state index is 5.28. The SMILES string of the molecule is CCNC(=NCC1(C)COC1)NC1CCC(SC)C1.I. The molecule has 20 heavy (non-hydrogen) atoms. The molecule has 1 saturated heterocycles. The van der Waals surface area contributed by atoms with Crippen LogP contribution in [0.25, 0.3) is 0 Å². The molecule has 2 unspecified atom stereocenters. The van der Waals surface area contributed by atoms with E-state index in [4.69, 9.17) is 9.73 Å². The smallest absolute Gasteiger partial charge is 0.191 e. The lowest BCUT2D eigenvalue weighted by Gasteiger charge is -2.36.